The normalized spacial score (nSPS) is 11.2. The molecule has 1 N–H and O–H groups in total. The second-order valence-electron chi connectivity index (χ2n) is 5.35. The summed E-state index contributed by atoms with van der Waals surface area (Å²) >= 11 is 0. The molecule has 0 aliphatic heterocycles. The molecule has 0 unspecified atom stereocenters. The number of methoxy groups -OCH3 is 1. The molecule has 0 radical (unpaired) electrons. The number of carbonyl (C=O) groups excluding carboxylic acids is 1. The van der Waals surface area contributed by atoms with Gasteiger partial charge >= 0.3 is 5.97 Å². The first-order valence-electron chi connectivity index (χ1n) is 7.66. The molecule has 0 saturated heterocycles. The molecule has 0 saturated carbocycles. The van der Waals surface area contributed by atoms with E-state index in [0.29, 0.717) is 18.4 Å². The van der Waals surface area contributed by atoms with Crippen LogP contribution in [0.2, 0.25) is 0 Å². The highest BCUT2D eigenvalue weighted by Crippen LogP contribution is 2.32. The van der Waals surface area contributed by atoms with Crippen LogP contribution in [0.1, 0.15) is 35.7 Å². The molecule has 2 aromatic rings. The first-order chi connectivity index (χ1) is 11.4. The van der Waals surface area contributed by atoms with Crippen molar-refractivity contribution in [2.45, 2.75) is 36.0 Å². The summed E-state index contributed by atoms with van der Waals surface area (Å²) in [7, 11) is -2.60. The fourth-order valence-corrected chi connectivity index (χ4v) is 4.07. The maximum absolute atomic E-state index is 13.0. The van der Waals surface area contributed by atoms with Gasteiger partial charge in [-0.2, -0.15) is 0 Å². The molecular weight excluding hydrogens is 328 g/mol. The average molecular weight is 348 g/mol. The van der Waals surface area contributed by atoms with Gasteiger partial charge in [0.15, 0.2) is 0 Å². The molecule has 0 fully saturated rings. The molecule has 0 aromatic heterocycles. The number of unbranched alkanes of at least 4 members (excludes halogenated alkanes) is 1. The second kappa shape index (κ2) is 7.49. The van der Waals surface area contributed by atoms with Crippen LogP contribution in [0.5, 0.6) is 5.75 Å². The molecule has 2 rings (SSSR count). The van der Waals surface area contributed by atoms with Crippen LogP contribution >= 0.6 is 0 Å². The van der Waals surface area contributed by atoms with Gasteiger partial charge in [-0.15, -0.1) is 0 Å². The zero-order valence-electron chi connectivity index (χ0n) is 13.7. The van der Waals surface area contributed by atoms with E-state index >= 15 is 0 Å². The van der Waals surface area contributed by atoms with Crippen molar-refractivity contribution in [3.8, 4) is 5.75 Å². The zero-order valence-corrected chi connectivity index (χ0v) is 14.5. The van der Waals surface area contributed by atoms with Crippen LogP contribution in [-0.4, -0.2) is 26.6 Å². The van der Waals surface area contributed by atoms with E-state index in [4.69, 9.17) is 4.74 Å². The third kappa shape index (κ3) is 3.43. The quantitative estimate of drug-likeness (QED) is 0.810. The number of phenols is 1. The van der Waals surface area contributed by atoms with E-state index in [9.17, 15) is 18.3 Å². The smallest absolute Gasteiger partial charge is 0.341 e. The summed E-state index contributed by atoms with van der Waals surface area (Å²) in [5.74, 6) is -1.02. The molecule has 0 amide bonds. The van der Waals surface area contributed by atoms with Crippen molar-refractivity contribution in [2.75, 3.05) is 7.11 Å². The van der Waals surface area contributed by atoms with Crippen LogP contribution in [0.15, 0.2) is 52.3 Å². The maximum Gasteiger partial charge on any atom is 0.341 e. The summed E-state index contributed by atoms with van der Waals surface area (Å²) in [5, 5.41) is 10.1. The lowest BCUT2D eigenvalue weighted by Crippen LogP contribution is -2.13. The minimum absolute atomic E-state index is 0.0281. The molecule has 0 spiro atoms. The zero-order chi connectivity index (χ0) is 17.7. The number of rotatable bonds is 6. The van der Waals surface area contributed by atoms with Crippen molar-refractivity contribution in [2.24, 2.45) is 0 Å². The molecule has 0 atom stereocenters. The number of hydrogen-bond acceptors (Lipinski definition) is 5. The third-order valence-electron chi connectivity index (χ3n) is 3.76. The summed E-state index contributed by atoms with van der Waals surface area (Å²) in [4.78, 5) is 12.2. The Kier molecular flexibility index (Phi) is 5.62. The summed E-state index contributed by atoms with van der Waals surface area (Å²) in [6.45, 7) is 1.96. The van der Waals surface area contributed by atoms with Gasteiger partial charge in [0, 0.05) is 0 Å². The van der Waals surface area contributed by atoms with E-state index in [0.717, 1.165) is 6.42 Å². The van der Waals surface area contributed by atoms with Crippen LogP contribution in [0, 0.1) is 0 Å². The van der Waals surface area contributed by atoms with Crippen molar-refractivity contribution in [1.82, 2.24) is 0 Å². The molecule has 2 aromatic carbocycles. The Hall–Kier alpha value is -2.34. The van der Waals surface area contributed by atoms with Crippen molar-refractivity contribution >= 4 is 15.8 Å². The van der Waals surface area contributed by atoms with E-state index in [1.165, 1.54) is 31.4 Å². The largest absolute Gasteiger partial charge is 0.507 e. The van der Waals surface area contributed by atoms with Gasteiger partial charge in [-0.05, 0) is 42.7 Å². The van der Waals surface area contributed by atoms with E-state index < -0.39 is 15.8 Å². The van der Waals surface area contributed by atoms with Gasteiger partial charge in [-0.3, -0.25) is 0 Å². The Labute approximate surface area is 141 Å². The SMILES string of the molecule is CCCCc1c(S(=O)(=O)c2ccccc2)ccc(O)c1C(=O)OC. The topological polar surface area (TPSA) is 80.7 Å². The van der Waals surface area contributed by atoms with Crippen molar-refractivity contribution in [3.05, 3.63) is 53.6 Å². The summed E-state index contributed by atoms with van der Waals surface area (Å²) in [6, 6.07) is 10.6. The first kappa shape index (κ1) is 18.0. The lowest BCUT2D eigenvalue weighted by atomic mass is 10.0. The third-order valence-corrected chi connectivity index (χ3v) is 5.62. The van der Waals surface area contributed by atoms with Gasteiger partial charge in [0.1, 0.15) is 11.3 Å². The van der Waals surface area contributed by atoms with Crippen molar-refractivity contribution in [1.29, 1.82) is 0 Å². The number of hydrogen-bond donors (Lipinski definition) is 1. The van der Waals surface area contributed by atoms with Gasteiger partial charge in [-0.1, -0.05) is 31.5 Å². The lowest BCUT2D eigenvalue weighted by Gasteiger charge is -2.15. The maximum atomic E-state index is 13.0. The van der Waals surface area contributed by atoms with Gasteiger partial charge < -0.3 is 9.84 Å². The Morgan fingerprint density at radius 3 is 2.38 bits per heavy atom. The van der Waals surface area contributed by atoms with Crippen LogP contribution in [-0.2, 0) is 21.0 Å². The van der Waals surface area contributed by atoms with Gasteiger partial charge in [0.05, 0.1) is 16.9 Å². The number of carbonyl (C=O) groups is 1. The average Bonchev–Trinajstić information content (AvgIpc) is 2.59. The molecule has 5 nitrogen and oxygen atoms in total. The standard InChI is InChI=1S/C18H20O5S/c1-3-4-10-14-16(12-11-15(19)17(14)18(20)23-2)24(21,22)13-8-6-5-7-9-13/h5-9,11-12,19H,3-4,10H2,1-2H3. The van der Waals surface area contributed by atoms with E-state index in [1.54, 1.807) is 18.2 Å². The van der Waals surface area contributed by atoms with Gasteiger partial charge in [-0.25, -0.2) is 13.2 Å². The Bertz CT molecular complexity index is 826. The number of sulfone groups is 1. The second-order valence-corrected chi connectivity index (χ2v) is 7.27. The van der Waals surface area contributed by atoms with Crippen LogP contribution < -0.4 is 0 Å². The molecule has 128 valence electrons. The summed E-state index contributed by atoms with van der Waals surface area (Å²) in [6.07, 6.45) is 1.86. The van der Waals surface area contributed by atoms with E-state index in [1.807, 2.05) is 6.92 Å². The monoisotopic (exact) mass is 348 g/mol. The fourth-order valence-electron chi connectivity index (χ4n) is 2.53. The number of esters is 1. The highest BCUT2D eigenvalue weighted by Gasteiger charge is 2.27. The highest BCUT2D eigenvalue weighted by atomic mass is 32.2. The highest BCUT2D eigenvalue weighted by molar-refractivity contribution is 7.91. The molecule has 0 bridgehead atoms. The van der Waals surface area contributed by atoms with Crippen LogP contribution in [0.25, 0.3) is 0 Å². The Balaban J connectivity index is 2.72. The number of ether oxygens (including phenoxy) is 1. The molecule has 0 heterocycles. The van der Waals surface area contributed by atoms with Crippen molar-refractivity contribution < 1.29 is 23.1 Å². The minimum atomic E-state index is -3.80. The number of aromatic hydroxyl groups is 1. The van der Waals surface area contributed by atoms with E-state index in [-0.39, 0.29) is 21.1 Å². The predicted molar refractivity (Wildman–Crippen MR) is 90.0 cm³/mol. The predicted octanol–water partition coefficient (Wildman–Crippen LogP) is 3.35. The molecular formula is C18H20O5S. The molecule has 0 aliphatic carbocycles. The van der Waals surface area contributed by atoms with E-state index in [2.05, 4.69) is 0 Å². The lowest BCUT2D eigenvalue weighted by molar-refractivity contribution is 0.0595. The van der Waals surface area contributed by atoms with Crippen molar-refractivity contribution in [3.63, 3.8) is 0 Å². The van der Waals surface area contributed by atoms with Crippen LogP contribution in [0.3, 0.4) is 0 Å². The Morgan fingerprint density at radius 1 is 1.12 bits per heavy atom. The molecule has 24 heavy (non-hydrogen) atoms. The fraction of sp³-hybridized carbons (Fsp3) is 0.278. The molecule has 0 aliphatic rings. The van der Waals surface area contributed by atoms with Crippen LogP contribution in [0.4, 0.5) is 0 Å². The van der Waals surface area contributed by atoms with Gasteiger partial charge in [0.25, 0.3) is 0 Å². The summed E-state index contributed by atoms with van der Waals surface area (Å²) in [5.41, 5.74) is 0.218. The summed E-state index contributed by atoms with van der Waals surface area (Å²) < 4.78 is 30.6. The number of phenolic OH excluding ortho intramolecular Hbond substituents is 1. The first-order valence-corrected chi connectivity index (χ1v) is 9.15. The number of benzene rings is 2. The Morgan fingerprint density at radius 2 is 1.79 bits per heavy atom. The van der Waals surface area contributed by atoms with Gasteiger partial charge in [0.2, 0.25) is 9.84 Å². The molecule has 6 heteroatoms. The minimum Gasteiger partial charge on any atom is -0.507 e.